The molecule has 1 saturated carbocycles. The lowest BCUT2D eigenvalue weighted by Crippen LogP contribution is -2.44. The first kappa shape index (κ1) is 22.5. The number of carbonyl (C=O) groups is 2. The second kappa shape index (κ2) is 10.7. The molecular weight excluding hydrogens is 376 g/mol. The van der Waals surface area contributed by atoms with Crippen molar-refractivity contribution in [2.45, 2.75) is 65.0 Å². The van der Waals surface area contributed by atoms with Crippen molar-refractivity contribution in [3.05, 3.63) is 33.2 Å². The van der Waals surface area contributed by atoms with Crippen molar-refractivity contribution >= 4 is 23.6 Å². The maximum absolute atomic E-state index is 13.1. The number of ether oxygens (including phenoxy) is 1. The molecule has 1 atom stereocenters. The minimum atomic E-state index is -0.752. The van der Waals surface area contributed by atoms with Crippen molar-refractivity contribution in [3.8, 4) is 0 Å². The number of nitrogens with one attached hydrogen (secondary N) is 1. The van der Waals surface area contributed by atoms with Crippen LogP contribution in [0.5, 0.6) is 0 Å². The Hall–Kier alpha value is -1.76. The van der Waals surface area contributed by atoms with Crippen LogP contribution in [-0.2, 0) is 16.1 Å². The first-order chi connectivity index (χ1) is 13.4. The Balaban J connectivity index is 2.27. The maximum atomic E-state index is 13.1. The molecule has 1 aromatic heterocycles. The van der Waals surface area contributed by atoms with Crippen molar-refractivity contribution in [1.82, 2.24) is 9.88 Å². The molecule has 156 valence electrons. The van der Waals surface area contributed by atoms with Gasteiger partial charge in [-0.05, 0) is 62.7 Å². The van der Waals surface area contributed by atoms with Gasteiger partial charge in [0.1, 0.15) is 11.6 Å². The van der Waals surface area contributed by atoms with E-state index in [0.717, 1.165) is 24.1 Å². The van der Waals surface area contributed by atoms with E-state index < -0.39 is 17.9 Å². The first-order valence-corrected chi connectivity index (χ1v) is 11.4. The predicted molar refractivity (Wildman–Crippen MR) is 113 cm³/mol. The number of hydrogen-bond donors (Lipinski definition) is 1. The van der Waals surface area contributed by atoms with Gasteiger partial charge in [-0.1, -0.05) is 19.3 Å². The quantitative estimate of drug-likeness (QED) is 0.669. The fourth-order valence-electron chi connectivity index (χ4n) is 3.77. The average Bonchev–Trinajstić information content (AvgIpc) is 2.71. The summed E-state index contributed by atoms with van der Waals surface area (Å²) in [5.41, 5.74) is 1.62. The van der Waals surface area contributed by atoms with Crippen molar-refractivity contribution in [2.75, 3.05) is 19.1 Å². The van der Waals surface area contributed by atoms with E-state index in [1.165, 1.54) is 26.4 Å². The molecule has 2 rings (SSSR count). The summed E-state index contributed by atoms with van der Waals surface area (Å²) in [5.74, 6) is 0.182. The van der Waals surface area contributed by atoms with Crippen molar-refractivity contribution in [1.29, 1.82) is 0 Å². The largest absolute Gasteiger partial charge is 0.467 e. The number of esters is 1. The van der Waals surface area contributed by atoms with Gasteiger partial charge in [0.25, 0.3) is 11.5 Å². The molecule has 0 bridgehead atoms. The standard InChI is InChI=1S/C21H32N2O4S/c1-14-12-17(19(24)22-18(10-11-28-4)21(26)27-3)20(25)23(15(14)2)13-16-8-6-5-7-9-16/h12,16,18H,5-11,13H2,1-4H3,(H,22,24)/t18-/m0/s1. The van der Waals surface area contributed by atoms with Gasteiger partial charge < -0.3 is 14.6 Å². The zero-order valence-electron chi connectivity index (χ0n) is 17.4. The molecule has 1 aromatic rings. The molecule has 0 saturated heterocycles. The van der Waals surface area contributed by atoms with E-state index >= 15 is 0 Å². The smallest absolute Gasteiger partial charge is 0.328 e. The highest BCUT2D eigenvalue weighted by molar-refractivity contribution is 7.98. The zero-order valence-corrected chi connectivity index (χ0v) is 18.2. The Bertz CT molecular complexity index is 754. The molecule has 28 heavy (non-hydrogen) atoms. The third kappa shape index (κ3) is 5.63. The summed E-state index contributed by atoms with van der Waals surface area (Å²) in [6, 6.07) is 0.880. The molecule has 0 aromatic carbocycles. The summed E-state index contributed by atoms with van der Waals surface area (Å²) in [7, 11) is 1.30. The lowest BCUT2D eigenvalue weighted by Gasteiger charge is -2.24. The maximum Gasteiger partial charge on any atom is 0.328 e. The molecule has 0 radical (unpaired) electrons. The van der Waals surface area contributed by atoms with Gasteiger partial charge in [0.15, 0.2) is 0 Å². The summed E-state index contributed by atoms with van der Waals surface area (Å²) in [4.78, 5) is 37.9. The van der Waals surface area contributed by atoms with Crippen LogP contribution in [-0.4, -0.2) is 41.6 Å². The summed E-state index contributed by atoms with van der Waals surface area (Å²) in [5, 5.41) is 2.70. The Morgan fingerprint density at radius 1 is 1.29 bits per heavy atom. The molecule has 1 N–H and O–H groups in total. The van der Waals surface area contributed by atoms with E-state index in [1.807, 2.05) is 20.1 Å². The summed E-state index contributed by atoms with van der Waals surface area (Å²) in [6.07, 6.45) is 8.31. The van der Waals surface area contributed by atoms with E-state index in [1.54, 1.807) is 22.4 Å². The number of carbonyl (C=O) groups excluding carboxylic acids is 2. The molecular formula is C21H32N2O4S. The van der Waals surface area contributed by atoms with Crippen LogP contribution in [0.3, 0.4) is 0 Å². The second-order valence-corrected chi connectivity index (χ2v) is 8.56. The molecule has 1 heterocycles. The molecule has 7 heteroatoms. The first-order valence-electron chi connectivity index (χ1n) is 9.97. The van der Waals surface area contributed by atoms with Crippen LogP contribution in [0, 0.1) is 19.8 Å². The van der Waals surface area contributed by atoms with Crippen molar-refractivity contribution < 1.29 is 14.3 Å². The number of nitrogens with zero attached hydrogens (tertiary/aromatic N) is 1. The van der Waals surface area contributed by atoms with E-state index in [2.05, 4.69) is 5.32 Å². The third-order valence-electron chi connectivity index (χ3n) is 5.62. The molecule has 1 aliphatic carbocycles. The third-order valence-corrected chi connectivity index (χ3v) is 6.27. The highest BCUT2D eigenvalue weighted by atomic mass is 32.2. The second-order valence-electron chi connectivity index (χ2n) is 7.58. The summed E-state index contributed by atoms with van der Waals surface area (Å²) in [6.45, 7) is 4.49. The van der Waals surface area contributed by atoms with Crippen LogP contribution in [0.4, 0.5) is 0 Å². The lowest BCUT2D eigenvalue weighted by atomic mass is 9.89. The van der Waals surface area contributed by atoms with E-state index in [4.69, 9.17) is 4.74 Å². The van der Waals surface area contributed by atoms with Gasteiger partial charge in [0.2, 0.25) is 0 Å². The monoisotopic (exact) mass is 408 g/mol. The van der Waals surface area contributed by atoms with Crippen LogP contribution in [0.1, 0.15) is 60.1 Å². The fourth-order valence-corrected chi connectivity index (χ4v) is 4.24. The van der Waals surface area contributed by atoms with Gasteiger partial charge in [-0.3, -0.25) is 9.59 Å². The number of methoxy groups -OCH3 is 1. The summed E-state index contributed by atoms with van der Waals surface area (Å²) < 4.78 is 6.54. The van der Waals surface area contributed by atoms with E-state index in [9.17, 15) is 14.4 Å². The predicted octanol–water partition coefficient (Wildman–Crippen LogP) is 3.07. The molecule has 1 aliphatic rings. The SMILES string of the molecule is COC(=O)[C@H](CCSC)NC(=O)c1cc(C)c(C)n(CC2CCCCC2)c1=O. The van der Waals surface area contributed by atoms with Crippen LogP contribution in [0.15, 0.2) is 10.9 Å². The zero-order chi connectivity index (χ0) is 20.7. The van der Waals surface area contributed by atoms with Gasteiger partial charge in [0.05, 0.1) is 7.11 Å². The average molecular weight is 409 g/mol. The Labute approximate surface area is 171 Å². The molecule has 6 nitrogen and oxygen atoms in total. The highest BCUT2D eigenvalue weighted by Crippen LogP contribution is 2.25. The number of pyridine rings is 1. The van der Waals surface area contributed by atoms with E-state index in [0.29, 0.717) is 24.6 Å². The van der Waals surface area contributed by atoms with Gasteiger partial charge in [-0.15, -0.1) is 0 Å². The Morgan fingerprint density at radius 2 is 1.96 bits per heavy atom. The Kier molecular flexibility index (Phi) is 8.60. The fraction of sp³-hybridized carbons (Fsp3) is 0.667. The van der Waals surface area contributed by atoms with Gasteiger partial charge in [-0.2, -0.15) is 11.8 Å². The van der Waals surface area contributed by atoms with Crippen LogP contribution >= 0.6 is 11.8 Å². The topological polar surface area (TPSA) is 77.4 Å². The minimum absolute atomic E-state index is 0.0944. The van der Waals surface area contributed by atoms with Gasteiger partial charge in [0, 0.05) is 12.2 Å². The molecule has 0 spiro atoms. The molecule has 0 aliphatic heterocycles. The number of thioether (sulfide) groups is 1. The highest BCUT2D eigenvalue weighted by Gasteiger charge is 2.25. The molecule has 0 unspecified atom stereocenters. The number of hydrogen-bond acceptors (Lipinski definition) is 5. The van der Waals surface area contributed by atoms with Crippen LogP contribution in [0.2, 0.25) is 0 Å². The number of aryl methyl sites for hydroxylation is 1. The molecule has 1 amide bonds. The van der Waals surface area contributed by atoms with Crippen LogP contribution in [0.25, 0.3) is 0 Å². The van der Waals surface area contributed by atoms with E-state index in [-0.39, 0.29) is 11.1 Å². The van der Waals surface area contributed by atoms with Crippen molar-refractivity contribution in [3.63, 3.8) is 0 Å². The molecule has 1 fully saturated rings. The van der Waals surface area contributed by atoms with Gasteiger partial charge >= 0.3 is 5.97 Å². The minimum Gasteiger partial charge on any atom is -0.467 e. The number of rotatable bonds is 8. The Morgan fingerprint density at radius 3 is 2.57 bits per heavy atom. The van der Waals surface area contributed by atoms with Crippen LogP contribution < -0.4 is 10.9 Å². The number of aromatic nitrogens is 1. The number of amides is 1. The van der Waals surface area contributed by atoms with Gasteiger partial charge in [-0.25, -0.2) is 4.79 Å². The summed E-state index contributed by atoms with van der Waals surface area (Å²) >= 11 is 1.59. The van der Waals surface area contributed by atoms with Crippen molar-refractivity contribution in [2.24, 2.45) is 5.92 Å². The lowest BCUT2D eigenvalue weighted by molar-refractivity contribution is -0.142. The normalized spacial score (nSPS) is 15.9.